The highest BCUT2D eigenvalue weighted by atomic mass is 16.1. The fraction of sp³-hybridized carbons (Fsp3) is 0.929. The lowest BCUT2D eigenvalue weighted by molar-refractivity contribution is -0.125. The van der Waals surface area contributed by atoms with Gasteiger partial charge >= 0.3 is 0 Å². The van der Waals surface area contributed by atoms with Crippen LogP contribution in [0.4, 0.5) is 0 Å². The van der Waals surface area contributed by atoms with Crippen LogP contribution in [-0.4, -0.2) is 19.0 Å². The van der Waals surface area contributed by atoms with Gasteiger partial charge in [0.1, 0.15) is 0 Å². The van der Waals surface area contributed by atoms with Gasteiger partial charge in [-0.3, -0.25) is 4.79 Å². The van der Waals surface area contributed by atoms with Crippen LogP contribution in [0.25, 0.3) is 0 Å². The zero-order valence-corrected chi connectivity index (χ0v) is 11.8. The molecule has 17 heavy (non-hydrogen) atoms. The van der Waals surface area contributed by atoms with Crippen molar-refractivity contribution in [3.63, 3.8) is 0 Å². The van der Waals surface area contributed by atoms with Gasteiger partial charge in [-0.25, -0.2) is 0 Å². The van der Waals surface area contributed by atoms with E-state index >= 15 is 0 Å². The van der Waals surface area contributed by atoms with E-state index in [0.29, 0.717) is 12.0 Å². The molecule has 0 aliphatic heterocycles. The molecule has 3 heteroatoms. The second kappa shape index (κ2) is 5.38. The summed E-state index contributed by atoms with van der Waals surface area (Å²) < 4.78 is 0. The van der Waals surface area contributed by atoms with Crippen molar-refractivity contribution in [3.8, 4) is 0 Å². The summed E-state index contributed by atoms with van der Waals surface area (Å²) in [5, 5.41) is 3.09. The normalized spacial score (nSPS) is 19.8. The van der Waals surface area contributed by atoms with E-state index < -0.39 is 0 Å². The minimum atomic E-state index is -0.0392. The zero-order chi connectivity index (χ0) is 13.1. The Labute approximate surface area is 106 Å². The topological polar surface area (TPSA) is 55.1 Å². The first kappa shape index (κ1) is 14.5. The summed E-state index contributed by atoms with van der Waals surface area (Å²) in [7, 11) is 0. The molecule has 100 valence electrons. The van der Waals surface area contributed by atoms with Gasteiger partial charge in [-0.2, -0.15) is 0 Å². The van der Waals surface area contributed by atoms with Crippen molar-refractivity contribution in [2.45, 2.75) is 53.4 Å². The maximum Gasteiger partial charge on any atom is 0.224 e. The van der Waals surface area contributed by atoms with Crippen molar-refractivity contribution in [3.05, 3.63) is 0 Å². The fourth-order valence-corrected chi connectivity index (χ4v) is 2.27. The Kier molecular flexibility index (Phi) is 4.59. The van der Waals surface area contributed by atoms with Gasteiger partial charge < -0.3 is 11.1 Å². The minimum Gasteiger partial charge on any atom is -0.355 e. The lowest BCUT2D eigenvalue weighted by Crippen LogP contribution is -2.39. The summed E-state index contributed by atoms with van der Waals surface area (Å²) in [6, 6.07) is 0. The highest BCUT2D eigenvalue weighted by Crippen LogP contribution is 2.47. The van der Waals surface area contributed by atoms with Crippen LogP contribution in [0, 0.1) is 16.7 Å². The average Bonchev–Trinajstić information content (AvgIpc) is 3.02. The third-order valence-electron chi connectivity index (χ3n) is 3.86. The molecule has 0 heterocycles. The van der Waals surface area contributed by atoms with Crippen LogP contribution in [0.3, 0.4) is 0 Å². The Morgan fingerprint density at radius 1 is 1.41 bits per heavy atom. The number of carbonyl (C=O) groups is 1. The predicted octanol–water partition coefficient (Wildman–Crippen LogP) is 2.30. The standard InChI is InChI=1S/C14H28N2O/c1-5-14(6-7-14)10-16-12(17)11(9-15)8-13(2,3)4/h11H,5-10,15H2,1-4H3,(H,16,17). The Balaban J connectivity index is 2.39. The van der Waals surface area contributed by atoms with E-state index in [0.717, 1.165) is 13.0 Å². The Hall–Kier alpha value is -0.570. The molecule has 1 saturated carbocycles. The van der Waals surface area contributed by atoms with Gasteiger partial charge in [-0.1, -0.05) is 27.7 Å². The van der Waals surface area contributed by atoms with Gasteiger partial charge in [0.25, 0.3) is 0 Å². The van der Waals surface area contributed by atoms with Crippen LogP contribution in [-0.2, 0) is 4.79 Å². The van der Waals surface area contributed by atoms with E-state index in [-0.39, 0.29) is 17.2 Å². The van der Waals surface area contributed by atoms with E-state index in [9.17, 15) is 4.79 Å². The first-order valence-corrected chi connectivity index (χ1v) is 6.80. The van der Waals surface area contributed by atoms with Gasteiger partial charge in [-0.15, -0.1) is 0 Å². The summed E-state index contributed by atoms with van der Waals surface area (Å²) in [6.45, 7) is 9.94. The van der Waals surface area contributed by atoms with Crippen LogP contribution >= 0.6 is 0 Å². The van der Waals surface area contributed by atoms with Crippen LogP contribution in [0.1, 0.15) is 53.4 Å². The van der Waals surface area contributed by atoms with Crippen molar-refractivity contribution < 1.29 is 4.79 Å². The van der Waals surface area contributed by atoms with Crippen LogP contribution in [0.15, 0.2) is 0 Å². The summed E-state index contributed by atoms with van der Waals surface area (Å²) in [4.78, 5) is 12.1. The number of hydrogen-bond donors (Lipinski definition) is 2. The number of nitrogens with two attached hydrogens (primary N) is 1. The monoisotopic (exact) mass is 240 g/mol. The Morgan fingerprint density at radius 2 is 2.00 bits per heavy atom. The molecule has 1 aliphatic carbocycles. The third kappa shape index (κ3) is 4.66. The molecular formula is C14H28N2O. The average molecular weight is 240 g/mol. The molecule has 0 aromatic heterocycles. The number of nitrogens with one attached hydrogen (secondary N) is 1. The molecule has 3 N–H and O–H groups in total. The summed E-state index contributed by atoms with van der Waals surface area (Å²) in [5.41, 5.74) is 6.28. The third-order valence-corrected chi connectivity index (χ3v) is 3.86. The molecule has 1 unspecified atom stereocenters. The maximum atomic E-state index is 12.1. The molecule has 1 atom stereocenters. The SMILES string of the molecule is CCC1(CNC(=O)C(CN)CC(C)(C)C)CC1. The number of rotatable bonds is 6. The van der Waals surface area contributed by atoms with E-state index in [2.05, 4.69) is 33.0 Å². The fourth-order valence-electron chi connectivity index (χ4n) is 2.27. The summed E-state index contributed by atoms with van der Waals surface area (Å²) >= 11 is 0. The molecule has 1 aliphatic rings. The van der Waals surface area contributed by atoms with E-state index in [4.69, 9.17) is 5.73 Å². The number of amides is 1. The molecule has 0 spiro atoms. The van der Waals surface area contributed by atoms with Crippen LogP contribution in [0.2, 0.25) is 0 Å². The predicted molar refractivity (Wildman–Crippen MR) is 71.6 cm³/mol. The highest BCUT2D eigenvalue weighted by molar-refractivity contribution is 5.79. The largest absolute Gasteiger partial charge is 0.355 e. The van der Waals surface area contributed by atoms with Gasteiger partial charge in [0.2, 0.25) is 5.91 Å². The molecule has 0 saturated heterocycles. The Morgan fingerprint density at radius 3 is 2.35 bits per heavy atom. The molecule has 1 fully saturated rings. The van der Waals surface area contributed by atoms with E-state index in [1.807, 2.05) is 0 Å². The first-order valence-electron chi connectivity index (χ1n) is 6.80. The summed E-state index contributed by atoms with van der Waals surface area (Å²) in [5.74, 6) is 0.102. The minimum absolute atomic E-state index is 0.0392. The number of carbonyl (C=O) groups excluding carboxylic acids is 1. The highest BCUT2D eigenvalue weighted by Gasteiger charge is 2.41. The van der Waals surface area contributed by atoms with Crippen molar-refractivity contribution in [2.24, 2.45) is 22.5 Å². The van der Waals surface area contributed by atoms with Gasteiger partial charge in [-0.05, 0) is 36.5 Å². The molecule has 0 aromatic carbocycles. The molecule has 0 bridgehead atoms. The van der Waals surface area contributed by atoms with E-state index in [1.165, 1.54) is 19.3 Å². The summed E-state index contributed by atoms with van der Waals surface area (Å²) in [6.07, 6.45) is 4.54. The van der Waals surface area contributed by atoms with Crippen molar-refractivity contribution in [2.75, 3.05) is 13.1 Å². The number of hydrogen-bond acceptors (Lipinski definition) is 2. The second-order valence-electron chi connectivity index (χ2n) is 6.77. The maximum absolute atomic E-state index is 12.1. The zero-order valence-electron chi connectivity index (χ0n) is 11.8. The van der Waals surface area contributed by atoms with Gasteiger partial charge in [0.05, 0.1) is 5.92 Å². The molecule has 0 radical (unpaired) electrons. The molecular weight excluding hydrogens is 212 g/mol. The van der Waals surface area contributed by atoms with Crippen molar-refractivity contribution >= 4 is 5.91 Å². The van der Waals surface area contributed by atoms with Crippen LogP contribution < -0.4 is 11.1 Å². The molecule has 3 nitrogen and oxygen atoms in total. The van der Waals surface area contributed by atoms with Gasteiger partial charge in [0, 0.05) is 13.1 Å². The van der Waals surface area contributed by atoms with Crippen LogP contribution in [0.5, 0.6) is 0 Å². The molecule has 1 amide bonds. The lowest BCUT2D eigenvalue weighted by atomic mass is 9.84. The second-order valence-corrected chi connectivity index (χ2v) is 6.77. The van der Waals surface area contributed by atoms with Crippen molar-refractivity contribution in [1.29, 1.82) is 0 Å². The smallest absolute Gasteiger partial charge is 0.224 e. The van der Waals surface area contributed by atoms with E-state index in [1.54, 1.807) is 0 Å². The molecule has 1 rings (SSSR count). The first-order chi connectivity index (χ1) is 7.82. The Bertz CT molecular complexity index is 264. The molecule has 0 aromatic rings. The van der Waals surface area contributed by atoms with Crippen molar-refractivity contribution in [1.82, 2.24) is 5.32 Å². The van der Waals surface area contributed by atoms with Gasteiger partial charge in [0.15, 0.2) is 0 Å². The lowest BCUT2D eigenvalue weighted by Gasteiger charge is -2.25. The quantitative estimate of drug-likeness (QED) is 0.748.